The highest BCUT2D eigenvalue weighted by molar-refractivity contribution is 14.2. The van der Waals surface area contributed by atoms with Gasteiger partial charge in [0.2, 0.25) is 5.91 Å². The van der Waals surface area contributed by atoms with E-state index in [4.69, 9.17) is 9.47 Å². The lowest BCUT2D eigenvalue weighted by atomic mass is 10.1. The van der Waals surface area contributed by atoms with E-state index < -0.39 is 0 Å². The molecule has 0 spiro atoms. The van der Waals surface area contributed by atoms with Gasteiger partial charge in [0.25, 0.3) is 0 Å². The third kappa shape index (κ3) is 4.23. The van der Waals surface area contributed by atoms with Gasteiger partial charge in [0.1, 0.15) is 9.45 Å². The monoisotopic (exact) mass is 351 g/mol. The highest BCUT2D eigenvalue weighted by Gasteiger charge is 2.17. The van der Waals surface area contributed by atoms with Gasteiger partial charge in [-0.05, 0) is 6.08 Å². The zero-order valence-electron chi connectivity index (χ0n) is 10.6. The first-order valence-electron chi connectivity index (χ1n) is 5.23. The molecular formula is C12H18INO3. The summed E-state index contributed by atoms with van der Waals surface area (Å²) in [6, 6.07) is 0. The molecule has 1 atom stereocenters. The van der Waals surface area contributed by atoms with E-state index in [-0.39, 0.29) is 32.6 Å². The van der Waals surface area contributed by atoms with Gasteiger partial charge in [0, 0.05) is 37.6 Å². The molecule has 1 aliphatic rings. The minimum absolute atomic E-state index is 0.000158. The second-order valence-corrected chi connectivity index (χ2v) is 6.45. The Morgan fingerprint density at radius 3 is 2.71 bits per heavy atom. The Hall–Kier alpha value is -0.690. The quantitative estimate of drug-likeness (QED) is 0.438. The second-order valence-electron chi connectivity index (χ2n) is 3.75. The number of carbonyl (C=O) groups excluding carboxylic acids is 1. The number of amides is 1. The van der Waals surface area contributed by atoms with Crippen molar-refractivity contribution < 1.29 is 14.3 Å². The fraction of sp³-hybridized carbons (Fsp3) is 0.500. The number of hydrogen-bond donors (Lipinski definition) is 0. The first-order chi connectivity index (χ1) is 8.08. The van der Waals surface area contributed by atoms with Crippen LogP contribution in [0.15, 0.2) is 24.0 Å². The molecule has 0 fully saturated rings. The largest absolute Gasteiger partial charge is 0.500 e. The molecule has 17 heavy (non-hydrogen) atoms. The maximum Gasteiger partial charge on any atom is 0.245 e. The zero-order valence-corrected chi connectivity index (χ0v) is 12.7. The molecule has 0 aromatic heterocycles. The third-order valence-electron chi connectivity index (χ3n) is 2.34. The van der Waals surface area contributed by atoms with Gasteiger partial charge in [-0.2, -0.15) is 0 Å². The molecule has 4 nitrogen and oxygen atoms in total. The van der Waals surface area contributed by atoms with Crippen molar-refractivity contribution >= 4 is 30.3 Å². The molecule has 0 bridgehead atoms. The summed E-state index contributed by atoms with van der Waals surface area (Å²) in [5.74, 6) is 1.08. The predicted molar refractivity (Wildman–Crippen MR) is 77.3 cm³/mol. The third-order valence-corrected chi connectivity index (χ3v) is 5.23. The minimum Gasteiger partial charge on any atom is -0.500 e. The first kappa shape index (κ1) is 14.4. The zero-order chi connectivity index (χ0) is 12.8. The number of nitrogens with zero attached hydrogens (tertiary/aromatic N) is 1. The van der Waals surface area contributed by atoms with Crippen molar-refractivity contribution in [2.24, 2.45) is 5.92 Å². The topological polar surface area (TPSA) is 38.8 Å². The van der Waals surface area contributed by atoms with E-state index in [9.17, 15) is 4.79 Å². The number of methoxy groups -OCH3 is 2. The van der Waals surface area contributed by atoms with Crippen LogP contribution in [0.2, 0.25) is 0 Å². The Kier molecular flexibility index (Phi) is 5.84. The summed E-state index contributed by atoms with van der Waals surface area (Å²) in [5, 5.41) is 0. The van der Waals surface area contributed by atoms with Crippen LogP contribution in [0.4, 0.5) is 0 Å². The summed E-state index contributed by atoms with van der Waals surface area (Å²) in [5.41, 5.74) is 0. The second kappa shape index (κ2) is 6.90. The molecule has 0 aromatic rings. The summed E-state index contributed by atoms with van der Waals surface area (Å²) >= 11 is -0.111. The summed E-state index contributed by atoms with van der Waals surface area (Å²) in [4.78, 5) is 13.0. The summed E-state index contributed by atoms with van der Waals surface area (Å²) in [7, 11) is 6.82. The number of ether oxygens (including phenoxy) is 2. The van der Waals surface area contributed by atoms with Gasteiger partial charge in [-0.15, -0.1) is 0 Å². The van der Waals surface area contributed by atoms with Crippen molar-refractivity contribution in [2.45, 2.75) is 0 Å². The molecule has 1 amide bonds. The van der Waals surface area contributed by atoms with Crippen LogP contribution in [0.25, 0.3) is 0 Å². The SMILES string of the molecule is COC1=CC(OC)=ICC1/C=C/C(=O)N(C)C. The maximum absolute atomic E-state index is 11.5. The van der Waals surface area contributed by atoms with Gasteiger partial charge >= 0.3 is 0 Å². The van der Waals surface area contributed by atoms with Gasteiger partial charge in [0.15, 0.2) is 0 Å². The van der Waals surface area contributed by atoms with Crippen molar-refractivity contribution in [1.29, 1.82) is 0 Å². The van der Waals surface area contributed by atoms with Crippen LogP contribution < -0.4 is 0 Å². The fourth-order valence-electron chi connectivity index (χ4n) is 1.31. The van der Waals surface area contributed by atoms with Gasteiger partial charge in [-0.3, -0.25) is 4.79 Å². The fourth-order valence-corrected chi connectivity index (χ4v) is 3.78. The molecule has 1 rings (SSSR count). The van der Waals surface area contributed by atoms with Crippen LogP contribution in [0.3, 0.4) is 0 Å². The standard InChI is InChI=1S/C12H18INO3/c1-14(2)12(15)6-5-9-8-13-11(17-4)7-10(9)16-3/h5-7,9H,8H2,1-4H3/b6-5+. The first-order valence-corrected chi connectivity index (χ1v) is 7.84. The lowest BCUT2D eigenvalue weighted by Crippen LogP contribution is -2.20. The average Bonchev–Trinajstić information content (AvgIpc) is 2.35. The number of halogens is 1. The molecule has 0 radical (unpaired) electrons. The smallest absolute Gasteiger partial charge is 0.245 e. The molecule has 0 saturated carbocycles. The van der Waals surface area contributed by atoms with E-state index in [0.29, 0.717) is 0 Å². The minimum atomic E-state index is -0.111. The molecular weight excluding hydrogens is 333 g/mol. The number of likely N-dealkylation sites (N-methyl/N-ethyl adjacent to an activating group) is 1. The lowest BCUT2D eigenvalue weighted by Gasteiger charge is -2.19. The lowest BCUT2D eigenvalue weighted by molar-refractivity contribution is -0.123. The molecule has 0 N–H and O–H groups in total. The summed E-state index contributed by atoms with van der Waals surface area (Å²) < 4.78 is 12.6. The Labute approximate surface area is 112 Å². The molecule has 1 unspecified atom stereocenters. The number of hydrogen-bond acceptors (Lipinski definition) is 3. The molecule has 96 valence electrons. The van der Waals surface area contributed by atoms with Crippen molar-refractivity contribution in [3.05, 3.63) is 24.0 Å². The Bertz CT molecular complexity index is 372. The van der Waals surface area contributed by atoms with Gasteiger partial charge in [-0.1, -0.05) is 26.8 Å². The van der Waals surface area contributed by atoms with Crippen LogP contribution >= 0.6 is 20.7 Å². The van der Waals surface area contributed by atoms with Crippen LogP contribution in [-0.2, 0) is 14.3 Å². The van der Waals surface area contributed by atoms with Crippen LogP contribution in [-0.4, -0.2) is 47.2 Å². The Morgan fingerprint density at radius 2 is 2.18 bits per heavy atom. The summed E-state index contributed by atoms with van der Waals surface area (Å²) in [6.07, 6.45) is 5.48. The average molecular weight is 351 g/mol. The number of allylic oxidation sites excluding steroid dienone is 1. The number of alkyl halides is 1. The maximum atomic E-state index is 11.5. The Morgan fingerprint density at radius 1 is 1.47 bits per heavy atom. The molecule has 0 aliphatic carbocycles. The van der Waals surface area contributed by atoms with E-state index in [1.54, 1.807) is 39.3 Å². The van der Waals surface area contributed by atoms with E-state index >= 15 is 0 Å². The van der Waals surface area contributed by atoms with Crippen molar-refractivity contribution in [3.63, 3.8) is 0 Å². The van der Waals surface area contributed by atoms with E-state index in [1.807, 2.05) is 12.2 Å². The van der Waals surface area contributed by atoms with Gasteiger partial charge in [0.05, 0.1) is 7.11 Å². The normalized spacial score (nSPS) is 20.4. The molecule has 0 saturated heterocycles. The van der Waals surface area contributed by atoms with E-state index in [0.717, 1.165) is 13.9 Å². The highest BCUT2D eigenvalue weighted by Crippen LogP contribution is 2.25. The highest BCUT2D eigenvalue weighted by atomic mass is 127. The number of rotatable bonds is 4. The number of carbonyl (C=O) groups is 1. The van der Waals surface area contributed by atoms with Crippen LogP contribution in [0.5, 0.6) is 0 Å². The van der Waals surface area contributed by atoms with Crippen molar-refractivity contribution in [2.75, 3.05) is 32.7 Å². The van der Waals surface area contributed by atoms with Gasteiger partial charge in [-0.25, -0.2) is 0 Å². The summed E-state index contributed by atoms with van der Waals surface area (Å²) in [6.45, 7) is 0. The molecule has 0 aromatic carbocycles. The van der Waals surface area contributed by atoms with E-state index in [1.165, 1.54) is 0 Å². The Balaban J connectivity index is 2.71. The van der Waals surface area contributed by atoms with E-state index in [2.05, 4.69) is 0 Å². The van der Waals surface area contributed by atoms with Crippen molar-refractivity contribution in [3.8, 4) is 0 Å². The van der Waals surface area contributed by atoms with Crippen LogP contribution in [0, 0.1) is 5.92 Å². The van der Waals surface area contributed by atoms with Gasteiger partial charge < -0.3 is 14.4 Å². The predicted octanol–water partition coefficient (Wildman–Crippen LogP) is 1.54. The molecule has 1 aliphatic heterocycles. The molecule has 1 heterocycles. The molecule has 5 heteroatoms. The van der Waals surface area contributed by atoms with Crippen molar-refractivity contribution in [1.82, 2.24) is 4.90 Å². The van der Waals surface area contributed by atoms with Crippen LogP contribution in [0.1, 0.15) is 0 Å².